The first kappa shape index (κ1) is 19.3. The lowest BCUT2D eigenvalue weighted by Crippen LogP contribution is -1.97. The molecule has 0 atom stereocenters. The highest BCUT2D eigenvalue weighted by Gasteiger charge is 2.05. The van der Waals surface area contributed by atoms with Crippen LogP contribution in [0.3, 0.4) is 0 Å². The number of hydrogen-bond donors (Lipinski definition) is 4. The molecule has 6 nitrogen and oxygen atoms in total. The van der Waals surface area contributed by atoms with E-state index in [1.165, 1.54) is 11.8 Å². The standard InChI is InChI=1S/C13H13NOS.C4H4O4/c14-9-10-5-1-3-7-12(10)16-13-8-4-2-6-11(13)15;5-3(6)1-2-4(7)8/h1-8,15H,9,14H2;1-2H,(H,5,6)(H,7,8)/b;2-1+. The average Bonchev–Trinajstić information content (AvgIpc) is 2.56. The molecule has 0 heterocycles. The summed E-state index contributed by atoms with van der Waals surface area (Å²) >= 11 is 1.54. The molecule has 0 unspecified atom stereocenters. The van der Waals surface area contributed by atoms with Crippen LogP contribution in [-0.4, -0.2) is 27.3 Å². The third-order valence-corrected chi connectivity index (χ3v) is 3.83. The Morgan fingerprint density at radius 1 is 0.917 bits per heavy atom. The number of aliphatic carboxylic acids is 2. The van der Waals surface area contributed by atoms with Crippen molar-refractivity contribution in [3.8, 4) is 5.75 Å². The summed E-state index contributed by atoms with van der Waals surface area (Å²) in [4.78, 5) is 21.0. The van der Waals surface area contributed by atoms with Crippen LogP contribution in [-0.2, 0) is 16.1 Å². The first-order valence-corrected chi connectivity index (χ1v) is 7.63. The van der Waals surface area contributed by atoms with Crippen LogP contribution in [0.2, 0.25) is 0 Å². The van der Waals surface area contributed by atoms with Crippen LogP contribution in [0.4, 0.5) is 0 Å². The lowest BCUT2D eigenvalue weighted by atomic mass is 10.2. The van der Waals surface area contributed by atoms with Crippen molar-refractivity contribution < 1.29 is 24.9 Å². The van der Waals surface area contributed by atoms with E-state index in [0.29, 0.717) is 24.4 Å². The summed E-state index contributed by atoms with van der Waals surface area (Å²) in [5.74, 6) is -2.21. The van der Waals surface area contributed by atoms with Crippen LogP contribution >= 0.6 is 11.8 Å². The zero-order valence-corrected chi connectivity index (χ0v) is 13.4. The van der Waals surface area contributed by atoms with Gasteiger partial charge in [0.05, 0.1) is 4.90 Å². The lowest BCUT2D eigenvalue weighted by Gasteiger charge is -2.07. The quantitative estimate of drug-likeness (QED) is 0.614. The van der Waals surface area contributed by atoms with Crippen molar-refractivity contribution in [1.29, 1.82) is 0 Å². The fourth-order valence-electron chi connectivity index (χ4n) is 1.58. The number of para-hydroxylation sites is 1. The second-order valence-corrected chi connectivity index (χ2v) is 5.48. The molecule has 2 aromatic rings. The fraction of sp³-hybridized carbons (Fsp3) is 0.0588. The monoisotopic (exact) mass is 347 g/mol. The zero-order chi connectivity index (χ0) is 17.9. The molecular weight excluding hydrogens is 330 g/mol. The molecule has 0 spiro atoms. The zero-order valence-electron chi connectivity index (χ0n) is 12.6. The highest BCUT2D eigenvalue weighted by Crippen LogP contribution is 2.35. The maximum absolute atomic E-state index is 9.68. The predicted octanol–water partition coefficient (Wildman–Crippen LogP) is 2.71. The highest BCUT2D eigenvalue weighted by atomic mass is 32.2. The summed E-state index contributed by atoms with van der Waals surface area (Å²) in [6, 6.07) is 15.3. The molecule has 0 aliphatic rings. The van der Waals surface area contributed by atoms with Crippen molar-refractivity contribution in [2.24, 2.45) is 5.73 Å². The van der Waals surface area contributed by atoms with E-state index in [0.717, 1.165) is 15.4 Å². The van der Waals surface area contributed by atoms with Gasteiger partial charge < -0.3 is 21.1 Å². The Morgan fingerprint density at radius 2 is 1.42 bits per heavy atom. The minimum Gasteiger partial charge on any atom is -0.507 e. The Kier molecular flexibility index (Phi) is 8.10. The van der Waals surface area contributed by atoms with Crippen LogP contribution < -0.4 is 5.73 Å². The Morgan fingerprint density at radius 3 is 1.92 bits per heavy atom. The number of rotatable bonds is 5. The number of nitrogens with two attached hydrogens (primary N) is 1. The maximum atomic E-state index is 9.68. The summed E-state index contributed by atoms with van der Waals surface area (Å²) in [6.07, 6.45) is 1.12. The van der Waals surface area contributed by atoms with Crippen LogP contribution in [0.15, 0.2) is 70.5 Å². The van der Waals surface area contributed by atoms with Crippen LogP contribution in [0.5, 0.6) is 5.75 Å². The van der Waals surface area contributed by atoms with Crippen molar-refractivity contribution in [2.45, 2.75) is 16.3 Å². The number of benzene rings is 2. The Balaban J connectivity index is 0.000000307. The Hall–Kier alpha value is -2.77. The molecule has 5 N–H and O–H groups in total. The smallest absolute Gasteiger partial charge is 0.328 e. The number of carbonyl (C=O) groups is 2. The van der Waals surface area contributed by atoms with Gasteiger partial charge in [-0.15, -0.1) is 0 Å². The number of phenols is 1. The summed E-state index contributed by atoms with van der Waals surface area (Å²) < 4.78 is 0. The van der Waals surface area contributed by atoms with Crippen LogP contribution in [0.25, 0.3) is 0 Å². The van der Waals surface area contributed by atoms with E-state index in [9.17, 15) is 14.7 Å². The van der Waals surface area contributed by atoms with Gasteiger partial charge in [-0.1, -0.05) is 42.1 Å². The molecule has 126 valence electrons. The molecule has 0 aliphatic heterocycles. The van der Waals surface area contributed by atoms with Gasteiger partial charge in [0.1, 0.15) is 5.75 Å². The molecule has 0 saturated carbocycles. The molecule has 24 heavy (non-hydrogen) atoms. The van der Waals surface area contributed by atoms with Crippen LogP contribution in [0, 0.1) is 0 Å². The molecule has 0 aromatic heterocycles. The molecule has 0 aliphatic carbocycles. The van der Waals surface area contributed by atoms with Gasteiger partial charge in [0.2, 0.25) is 0 Å². The maximum Gasteiger partial charge on any atom is 0.328 e. The lowest BCUT2D eigenvalue weighted by molar-refractivity contribution is -0.134. The average molecular weight is 347 g/mol. The second kappa shape index (κ2) is 10.1. The Labute approximate surface area is 143 Å². The van der Waals surface area contributed by atoms with Gasteiger partial charge in [-0.25, -0.2) is 9.59 Å². The normalized spacial score (nSPS) is 10.0. The summed E-state index contributed by atoms with van der Waals surface area (Å²) in [5.41, 5.74) is 6.76. The SMILES string of the molecule is NCc1ccccc1Sc1ccccc1O.O=C(O)/C=C/C(=O)O. The molecule has 2 rings (SSSR count). The predicted molar refractivity (Wildman–Crippen MR) is 91.0 cm³/mol. The van der Waals surface area contributed by atoms with E-state index in [-0.39, 0.29) is 0 Å². The molecule has 7 heteroatoms. The molecule has 0 radical (unpaired) electrons. The topological polar surface area (TPSA) is 121 Å². The minimum atomic E-state index is -1.26. The number of aromatic hydroxyl groups is 1. The number of carboxylic acid groups (broad SMARTS) is 2. The van der Waals surface area contributed by atoms with Gasteiger partial charge in [0, 0.05) is 23.6 Å². The Bertz CT molecular complexity index is 714. The third-order valence-electron chi connectivity index (χ3n) is 2.65. The van der Waals surface area contributed by atoms with Crippen molar-refractivity contribution >= 4 is 23.7 Å². The third kappa shape index (κ3) is 6.99. The first-order chi connectivity index (χ1) is 11.4. The van der Waals surface area contributed by atoms with Gasteiger partial charge in [-0.05, 0) is 23.8 Å². The van der Waals surface area contributed by atoms with E-state index in [2.05, 4.69) is 0 Å². The van der Waals surface area contributed by atoms with Crippen LogP contribution in [0.1, 0.15) is 5.56 Å². The van der Waals surface area contributed by atoms with E-state index >= 15 is 0 Å². The number of carboxylic acids is 2. The van der Waals surface area contributed by atoms with Gasteiger partial charge >= 0.3 is 11.9 Å². The summed E-state index contributed by atoms with van der Waals surface area (Å²) in [7, 11) is 0. The molecular formula is C17H17NO5S. The minimum absolute atomic E-state index is 0.305. The fourth-order valence-corrected chi connectivity index (χ4v) is 2.56. The summed E-state index contributed by atoms with van der Waals surface area (Å²) in [5, 5.41) is 25.3. The second-order valence-electron chi connectivity index (χ2n) is 4.39. The highest BCUT2D eigenvalue weighted by molar-refractivity contribution is 7.99. The van der Waals surface area contributed by atoms with E-state index in [1.807, 2.05) is 42.5 Å². The molecule has 0 fully saturated rings. The number of phenolic OH excluding ortho intramolecular Hbond substituents is 1. The number of hydrogen-bond acceptors (Lipinski definition) is 5. The first-order valence-electron chi connectivity index (χ1n) is 6.81. The van der Waals surface area contributed by atoms with E-state index in [4.69, 9.17) is 15.9 Å². The van der Waals surface area contributed by atoms with Crippen molar-refractivity contribution in [3.05, 3.63) is 66.2 Å². The van der Waals surface area contributed by atoms with Crippen molar-refractivity contribution in [3.63, 3.8) is 0 Å². The van der Waals surface area contributed by atoms with E-state index in [1.54, 1.807) is 6.07 Å². The molecule has 0 saturated heterocycles. The van der Waals surface area contributed by atoms with E-state index < -0.39 is 11.9 Å². The van der Waals surface area contributed by atoms with Crippen molar-refractivity contribution in [1.82, 2.24) is 0 Å². The van der Waals surface area contributed by atoms with Gasteiger partial charge in [0.25, 0.3) is 0 Å². The van der Waals surface area contributed by atoms with Gasteiger partial charge in [-0.3, -0.25) is 0 Å². The van der Waals surface area contributed by atoms with Gasteiger partial charge in [-0.2, -0.15) is 0 Å². The van der Waals surface area contributed by atoms with Gasteiger partial charge in [0.15, 0.2) is 0 Å². The molecule has 0 amide bonds. The molecule has 0 bridgehead atoms. The largest absolute Gasteiger partial charge is 0.507 e. The summed E-state index contributed by atoms with van der Waals surface area (Å²) in [6.45, 7) is 0.511. The molecule has 2 aromatic carbocycles. The van der Waals surface area contributed by atoms with Crippen molar-refractivity contribution in [2.75, 3.05) is 0 Å².